The standard InChI is InChI=1S/C11H13NO/c1-4-12(2)9-10-5-7-11(13-3)8-6-10/h1,5-8H,9H2,2-3H3. The van der Waals surface area contributed by atoms with Gasteiger partial charge in [0.1, 0.15) is 5.75 Å². The van der Waals surface area contributed by atoms with E-state index in [4.69, 9.17) is 11.2 Å². The van der Waals surface area contributed by atoms with Gasteiger partial charge in [0.05, 0.1) is 13.7 Å². The van der Waals surface area contributed by atoms with Gasteiger partial charge in [0, 0.05) is 13.1 Å². The molecular formula is C11H13NO. The van der Waals surface area contributed by atoms with Crippen LogP contribution in [0.15, 0.2) is 24.3 Å². The molecule has 1 aromatic carbocycles. The number of terminal acetylenes is 1. The maximum Gasteiger partial charge on any atom is 0.118 e. The van der Waals surface area contributed by atoms with Crippen molar-refractivity contribution in [2.45, 2.75) is 6.54 Å². The Bertz CT molecular complexity index is 297. The lowest BCUT2D eigenvalue weighted by Crippen LogP contribution is -2.09. The summed E-state index contributed by atoms with van der Waals surface area (Å²) in [5.41, 5.74) is 1.18. The Balaban J connectivity index is 2.65. The number of methoxy groups -OCH3 is 1. The average molecular weight is 175 g/mol. The van der Waals surface area contributed by atoms with E-state index in [2.05, 4.69) is 6.04 Å². The minimum atomic E-state index is 0.764. The lowest BCUT2D eigenvalue weighted by Gasteiger charge is -2.10. The van der Waals surface area contributed by atoms with Crippen LogP contribution in [0.4, 0.5) is 0 Å². The summed E-state index contributed by atoms with van der Waals surface area (Å²) in [5, 5.41) is 0. The van der Waals surface area contributed by atoms with Gasteiger partial charge in [0.15, 0.2) is 0 Å². The molecule has 0 spiro atoms. The van der Waals surface area contributed by atoms with Gasteiger partial charge < -0.3 is 9.64 Å². The normalized spacial score (nSPS) is 9.00. The molecule has 1 aromatic rings. The lowest BCUT2D eigenvalue weighted by atomic mass is 10.2. The summed E-state index contributed by atoms with van der Waals surface area (Å²) in [6.45, 7) is 0.764. The van der Waals surface area contributed by atoms with E-state index in [0.717, 1.165) is 12.3 Å². The van der Waals surface area contributed by atoms with Crippen molar-refractivity contribution in [3.05, 3.63) is 29.8 Å². The summed E-state index contributed by atoms with van der Waals surface area (Å²) < 4.78 is 5.05. The fraction of sp³-hybridized carbons (Fsp3) is 0.273. The van der Waals surface area contributed by atoms with Gasteiger partial charge in [-0.3, -0.25) is 0 Å². The molecule has 2 nitrogen and oxygen atoms in total. The van der Waals surface area contributed by atoms with E-state index in [1.165, 1.54) is 5.56 Å². The summed E-state index contributed by atoms with van der Waals surface area (Å²) in [6, 6.07) is 10.4. The minimum Gasteiger partial charge on any atom is -0.497 e. The third kappa shape index (κ3) is 2.72. The van der Waals surface area contributed by atoms with E-state index >= 15 is 0 Å². The molecule has 0 amide bonds. The number of nitrogens with zero attached hydrogens (tertiary/aromatic N) is 1. The Morgan fingerprint density at radius 2 is 2.00 bits per heavy atom. The second-order valence-electron chi connectivity index (χ2n) is 2.83. The number of hydrogen-bond acceptors (Lipinski definition) is 2. The number of benzene rings is 1. The molecule has 2 heteroatoms. The highest BCUT2D eigenvalue weighted by molar-refractivity contribution is 5.27. The highest BCUT2D eigenvalue weighted by Gasteiger charge is 1.95. The summed E-state index contributed by atoms with van der Waals surface area (Å²) in [6.07, 6.45) is 5.23. The Morgan fingerprint density at radius 1 is 1.38 bits per heavy atom. The molecule has 0 heterocycles. The second kappa shape index (κ2) is 4.42. The van der Waals surface area contributed by atoms with Crippen LogP contribution in [0.5, 0.6) is 5.75 Å². The zero-order valence-corrected chi connectivity index (χ0v) is 7.95. The first-order valence-electron chi connectivity index (χ1n) is 4.06. The highest BCUT2D eigenvalue weighted by Crippen LogP contribution is 2.11. The van der Waals surface area contributed by atoms with Crippen LogP contribution < -0.4 is 4.74 Å². The van der Waals surface area contributed by atoms with Crippen molar-refractivity contribution >= 4 is 0 Å². The molecule has 0 saturated carbocycles. The van der Waals surface area contributed by atoms with Crippen molar-refractivity contribution in [2.24, 2.45) is 0 Å². The third-order valence-electron chi connectivity index (χ3n) is 1.80. The lowest BCUT2D eigenvalue weighted by molar-refractivity contribution is 0.414. The molecule has 1 rings (SSSR count). The largest absolute Gasteiger partial charge is 0.497 e. The zero-order chi connectivity index (χ0) is 9.68. The molecule has 13 heavy (non-hydrogen) atoms. The summed E-state index contributed by atoms with van der Waals surface area (Å²) in [7, 11) is 3.53. The molecule has 0 aliphatic heterocycles. The van der Waals surface area contributed by atoms with E-state index in [1.807, 2.05) is 31.3 Å². The Hall–Kier alpha value is -1.62. The van der Waals surface area contributed by atoms with E-state index in [9.17, 15) is 0 Å². The van der Waals surface area contributed by atoms with E-state index < -0.39 is 0 Å². The van der Waals surface area contributed by atoms with Crippen LogP contribution >= 0.6 is 0 Å². The fourth-order valence-corrected chi connectivity index (χ4v) is 1.05. The monoisotopic (exact) mass is 175 g/mol. The third-order valence-corrected chi connectivity index (χ3v) is 1.80. The predicted molar refractivity (Wildman–Crippen MR) is 53.3 cm³/mol. The molecule has 0 aromatic heterocycles. The van der Waals surface area contributed by atoms with Crippen LogP contribution in [0.3, 0.4) is 0 Å². The predicted octanol–water partition coefficient (Wildman–Crippen LogP) is 1.72. The number of rotatable bonds is 3. The van der Waals surface area contributed by atoms with Gasteiger partial charge in [-0.2, -0.15) is 0 Å². The number of ether oxygens (including phenoxy) is 1. The van der Waals surface area contributed by atoms with Gasteiger partial charge in [-0.25, -0.2) is 0 Å². The van der Waals surface area contributed by atoms with Crippen LogP contribution in [0.25, 0.3) is 0 Å². The Kier molecular flexibility index (Phi) is 3.22. The van der Waals surface area contributed by atoms with Gasteiger partial charge in [-0.1, -0.05) is 18.6 Å². The molecule has 0 saturated heterocycles. The Morgan fingerprint density at radius 3 is 2.46 bits per heavy atom. The smallest absolute Gasteiger partial charge is 0.118 e. The highest BCUT2D eigenvalue weighted by atomic mass is 16.5. The SMILES string of the molecule is C#CN(C)Cc1ccc(OC)cc1. The Labute approximate surface area is 79.1 Å². The van der Waals surface area contributed by atoms with Crippen LogP contribution in [0, 0.1) is 12.5 Å². The first-order valence-corrected chi connectivity index (χ1v) is 4.06. The summed E-state index contributed by atoms with van der Waals surface area (Å²) >= 11 is 0. The molecule has 0 atom stereocenters. The van der Waals surface area contributed by atoms with Gasteiger partial charge in [-0.05, 0) is 17.7 Å². The molecule has 0 aliphatic rings. The minimum absolute atomic E-state index is 0.764. The molecule has 0 unspecified atom stereocenters. The van der Waals surface area contributed by atoms with Crippen molar-refractivity contribution in [3.8, 4) is 18.2 Å². The van der Waals surface area contributed by atoms with E-state index in [-0.39, 0.29) is 0 Å². The topological polar surface area (TPSA) is 12.5 Å². The molecule has 68 valence electrons. The van der Waals surface area contributed by atoms with Gasteiger partial charge in [0.25, 0.3) is 0 Å². The van der Waals surface area contributed by atoms with Gasteiger partial charge >= 0.3 is 0 Å². The molecule has 0 N–H and O–H groups in total. The van der Waals surface area contributed by atoms with Crippen LogP contribution in [0.1, 0.15) is 5.56 Å². The van der Waals surface area contributed by atoms with Crippen molar-refractivity contribution in [3.63, 3.8) is 0 Å². The van der Waals surface area contributed by atoms with E-state index in [1.54, 1.807) is 12.0 Å². The summed E-state index contributed by atoms with van der Waals surface area (Å²) in [5.74, 6) is 0.868. The maximum absolute atomic E-state index is 5.23. The first kappa shape index (κ1) is 9.47. The quantitative estimate of drug-likeness (QED) is 0.512. The van der Waals surface area contributed by atoms with Crippen LogP contribution in [0.2, 0.25) is 0 Å². The zero-order valence-electron chi connectivity index (χ0n) is 7.95. The molecule has 0 bridgehead atoms. The molecule has 0 radical (unpaired) electrons. The molecule has 0 aliphatic carbocycles. The van der Waals surface area contributed by atoms with E-state index in [0.29, 0.717) is 0 Å². The summed E-state index contributed by atoms with van der Waals surface area (Å²) in [4.78, 5) is 1.79. The van der Waals surface area contributed by atoms with Gasteiger partial charge in [-0.15, -0.1) is 0 Å². The second-order valence-corrected chi connectivity index (χ2v) is 2.83. The maximum atomic E-state index is 5.23. The first-order chi connectivity index (χ1) is 6.26. The van der Waals surface area contributed by atoms with Gasteiger partial charge in [0.2, 0.25) is 0 Å². The van der Waals surface area contributed by atoms with Crippen molar-refractivity contribution in [1.29, 1.82) is 0 Å². The fourth-order valence-electron chi connectivity index (χ4n) is 1.05. The van der Waals surface area contributed by atoms with Crippen molar-refractivity contribution < 1.29 is 4.74 Å². The molecular weight excluding hydrogens is 162 g/mol. The number of hydrogen-bond donors (Lipinski definition) is 0. The van der Waals surface area contributed by atoms with Crippen molar-refractivity contribution in [2.75, 3.05) is 14.2 Å². The molecule has 0 fully saturated rings. The average Bonchev–Trinajstić information content (AvgIpc) is 2.19. The van der Waals surface area contributed by atoms with Crippen LogP contribution in [-0.2, 0) is 6.54 Å². The van der Waals surface area contributed by atoms with Crippen LogP contribution in [-0.4, -0.2) is 19.1 Å². The van der Waals surface area contributed by atoms with Crippen molar-refractivity contribution in [1.82, 2.24) is 4.90 Å².